The number of nitrogens with two attached hydrogens (primary N) is 1. The highest BCUT2D eigenvalue weighted by Crippen LogP contribution is 2.40. The summed E-state index contributed by atoms with van der Waals surface area (Å²) >= 11 is 0. The summed E-state index contributed by atoms with van der Waals surface area (Å²) in [7, 11) is 0. The fraction of sp³-hybridized carbons (Fsp3) is 0.933. The molecule has 2 saturated carbocycles. The van der Waals surface area contributed by atoms with Crippen LogP contribution in [0.15, 0.2) is 0 Å². The number of carbonyl (C=O) groups is 1. The van der Waals surface area contributed by atoms with Gasteiger partial charge in [0.05, 0.1) is 5.41 Å². The Morgan fingerprint density at radius 1 is 1.28 bits per heavy atom. The minimum Gasteiger partial charge on any atom is -0.353 e. The molecule has 3 N–H and O–H groups in total. The standard InChI is InChI=1S/C15H28N2O/c1-2-4-12-5-7-13(8-6-12)17-14(18)15(11-16)9-3-10-15/h12-13H,2-11,16H2,1H3,(H,17,18). The maximum Gasteiger partial charge on any atom is 0.227 e. The highest BCUT2D eigenvalue weighted by atomic mass is 16.2. The van der Waals surface area contributed by atoms with Gasteiger partial charge in [0.1, 0.15) is 0 Å². The van der Waals surface area contributed by atoms with Gasteiger partial charge in [-0.15, -0.1) is 0 Å². The third kappa shape index (κ3) is 2.87. The second-order valence-corrected chi connectivity index (χ2v) is 6.32. The molecule has 0 aliphatic heterocycles. The van der Waals surface area contributed by atoms with E-state index in [-0.39, 0.29) is 11.3 Å². The molecule has 0 unspecified atom stereocenters. The molecular weight excluding hydrogens is 224 g/mol. The summed E-state index contributed by atoms with van der Waals surface area (Å²) < 4.78 is 0. The zero-order chi connectivity index (χ0) is 13.0. The molecule has 0 saturated heterocycles. The van der Waals surface area contributed by atoms with Gasteiger partial charge in [-0.2, -0.15) is 0 Å². The number of hydrogen-bond acceptors (Lipinski definition) is 2. The van der Waals surface area contributed by atoms with Gasteiger partial charge in [-0.1, -0.05) is 26.2 Å². The van der Waals surface area contributed by atoms with Gasteiger partial charge in [-0.05, 0) is 44.4 Å². The van der Waals surface area contributed by atoms with Gasteiger partial charge in [0.25, 0.3) is 0 Å². The van der Waals surface area contributed by atoms with Crippen LogP contribution in [0.25, 0.3) is 0 Å². The average molecular weight is 252 g/mol. The van der Waals surface area contributed by atoms with Crippen molar-refractivity contribution in [2.45, 2.75) is 70.8 Å². The van der Waals surface area contributed by atoms with Crippen molar-refractivity contribution in [3.05, 3.63) is 0 Å². The van der Waals surface area contributed by atoms with Crippen molar-refractivity contribution >= 4 is 5.91 Å². The number of amides is 1. The molecule has 3 nitrogen and oxygen atoms in total. The highest BCUT2D eigenvalue weighted by molar-refractivity contribution is 5.84. The normalized spacial score (nSPS) is 30.6. The Balaban J connectivity index is 1.76. The van der Waals surface area contributed by atoms with Crippen LogP contribution in [0.2, 0.25) is 0 Å². The van der Waals surface area contributed by atoms with Gasteiger partial charge in [-0.25, -0.2) is 0 Å². The summed E-state index contributed by atoms with van der Waals surface area (Å²) in [5.41, 5.74) is 5.57. The summed E-state index contributed by atoms with van der Waals surface area (Å²) in [6.07, 6.45) is 10.7. The quantitative estimate of drug-likeness (QED) is 0.790. The van der Waals surface area contributed by atoms with E-state index in [1.165, 1.54) is 25.7 Å². The van der Waals surface area contributed by atoms with Crippen LogP contribution in [-0.4, -0.2) is 18.5 Å². The molecule has 3 heteroatoms. The molecule has 2 fully saturated rings. The number of carbonyl (C=O) groups excluding carboxylic acids is 1. The predicted molar refractivity (Wildman–Crippen MR) is 74.1 cm³/mol. The monoisotopic (exact) mass is 252 g/mol. The predicted octanol–water partition coefficient (Wildman–Crippen LogP) is 2.59. The van der Waals surface area contributed by atoms with Gasteiger partial charge >= 0.3 is 0 Å². The summed E-state index contributed by atoms with van der Waals surface area (Å²) in [5.74, 6) is 1.13. The van der Waals surface area contributed by atoms with Crippen molar-refractivity contribution in [3.63, 3.8) is 0 Å². The van der Waals surface area contributed by atoms with Crippen LogP contribution < -0.4 is 11.1 Å². The molecule has 104 valence electrons. The largest absolute Gasteiger partial charge is 0.353 e. The van der Waals surface area contributed by atoms with E-state index in [1.54, 1.807) is 0 Å². The molecule has 0 aromatic heterocycles. The molecule has 0 radical (unpaired) electrons. The molecule has 0 aromatic rings. The Kier molecular flexibility index (Phi) is 4.66. The molecule has 0 aromatic carbocycles. The van der Waals surface area contributed by atoms with E-state index < -0.39 is 0 Å². The van der Waals surface area contributed by atoms with Crippen LogP contribution in [-0.2, 0) is 4.79 Å². The molecule has 0 spiro atoms. The smallest absolute Gasteiger partial charge is 0.227 e. The van der Waals surface area contributed by atoms with E-state index in [4.69, 9.17) is 5.73 Å². The van der Waals surface area contributed by atoms with Gasteiger partial charge in [0, 0.05) is 12.6 Å². The molecule has 2 aliphatic carbocycles. The second kappa shape index (κ2) is 6.05. The molecule has 0 bridgehead atoms. The topological polar surface area (TPSA) is 55.1 Å². The lowest BCUT2D eigenvalue weighted by Crippen LogP contribution is -2.53. The SMILES string of the molecule is CCCC1CCC(NC(=O)C2(CN)CCC2)CC1. The molecular formula is C15H28N2O. The minimum absolute atomic E-state index is 0.208. The Labute approximate surface area is 111 Å². The lowest BCUT2D eigenvalue weighted by atomic mass is 9.68. The fourth-order valence-corrected chi connectivity index (χ4v) is 3.47. The van der Waals surface area contributed by atoms with Gasteiger partial charge < -0.3 is 11.1 Å². The maximum absolute atomic E-state index is 12.3. The Bertz CT molecular complexity index is 273. The molecule has 0 atom stereocenters. The highest BCUT2D eigenvalue weighted by Gasteiger charge is 2.43. The van der Waals surface area contributed by atoms with Gasteiger partial charge in [-0.3, -0.25) is 4.79 Å². The Morgan fingerprint density at radius 2 is 1.94 bits per heavy atom. The van der Waals surface area contributed by atoms with Crippen molar-refractivity contribution in [2.75, 3.05) is 6.54 Å². The zero-order valence-electron chi connectivity index (χ0n) is 11.7. The first kappa shape index (κ1) is 13.9. The zero-order valence-corrected chi connectivity index (χ0v) is 11.7. The van der Waals surface area contributed by atoms with Crippen LogP contribution in [0.1, 0.15) is 64.7 Å². The average Bonchev–Trinajstić information content (AvgIpc) is 2.31. The van der Waals surface area contributed by atoms with Crippen LogP contribution >= 0.6 is 0 Å². The summed E-state index contributed by atoms with van der Waals surface area (Å²) in [5, 5.41) is 3.26. The molecule has 18 heavy (non-hydrogen) atoms. The third-order valence-corrected chi connectivity index (χ3v) is 5.06. The first-order chi connectivity index (χ1) is 8.70. The lowest BCUT2D eigenvalue weighted by Gasteiger charge is -2.41. The van der Waals surface area contributed by atoms with Crippen molar-refractivity contribution < 1.29 is 4.79 Å². The molecule has 1 amide bonds. The number of hydrogen-bond donors (Lipinski definition) is 2. The van der Waals surface area contributed by atoms with Crippen molar-refractivity contribution in [2.24, 2.45) is 17.1 Å². The van der Waals surface area contributed by atoms with Crippen molar-refractivity contribution in [3.8, 4) is 0 Å². The maximum atomic E-state index is 12.3. The third-order valence-electron chi connectivity index (χ3n) is 5.06. The van der Waals surface area contributed by atoms with Gasteiger partial charge in [0.15, 0.2) is 0 Å². The van der Waals surface area contributed by atoms with E-state index in [2.05, 4.69) is 12.2 Å². The molecule has 0 heterocycles. The van der Waals surface area contributed by atoms with E-state index >= 15 is 0 Å². The first-order valence-corrected chi connectivity index (χ1v) is 7.71. The van der Waals surface area contributed by atoms with Gasteiger partial charge in [0.2, 0.25) is 5.91 Å². The van der Waals surface area contributed by atoms with Crippen LogP contribution in [0.4, 0.5) is 0 Å². The van der Waals surface area contributed by atoms with E-state index in [0.717, 1.165) is 38.0 Å². The van der Waals surface area contributed by atoms with Crippen LogP contribution in [0.5, 0.6) is 0 Å². The lowest BCUT2D eigenvalue weighted by molar-refractivity contribution is -0.136. The van der Waals surface area contributed by atoms with Crippen LogP contribution in [0.3, 0.4) is 0 Å². The van der Waals surface area contributed by atoms with Crippen molar-refractivity contribution in [1.82, 2.24) is 5.32 Å². The first-order valence-electron chi connectivity index (χ1n) is 7.71. The van der Waals surface area contributed by atoms with Crippen LogP contribution in [0, 0.1) is 11.3 Å². The number of nitrogens with one attached hydrogen (secondary N) is 1. The second-order valence-electron chi connectivity index (χ2n) is 6.32. The van der Waals surface area contributed by atoms with Crippen molar-refractivity contribution in [1.29, 1.82) is 0 Å². The van der Waals surface area contributed by atoms with E-state index in [9.17, 15) is 4.79 Å². The summed E-state index contributed by atoms with van der Waals surface area (Å²) in [6.45, 7) is 2.78. The Morgan fingerprint density at radius 3 is 2.39 bits per heavy atom. The van der Waals surface area contributed by atoms with E-state index in [1.807, 2.05) is 0 Å². The fourth-order valence-electron chi connectivity index (χ4n) is 3.47. The summed E-state index contributed by atoms with van der Waals surface area (Å²) in [6, 6.07) is 0.412. The number of rotatable bonds is 5. The summed E-state index contributed by atoms with van der Waals surface area (Å²) in [4.78, 5) is 12.3. The molecule has 2 aliphatic rings. The minimum atomic E-state index is -0.208. The Hall–Kier alpha value is -0.570. The van der Waals surface area contributed by atoms with E-state index in [0.29, 0.717) is 12.6 Å². The molecule has 2 rings (SSSR count).